The first-order chi connectivity index (χ1) is 6.84. The average molecular weight is 184 g/mol. The summed E-state index contributed by atoms with van der Waals surface area (Å²) in [6, 6.07) is 9.91. The van der Waals surface area contributed by atoms with Crippen LogP contribution in [-0.2, 0) is 4.79 Å². The standard InChI is InChI=1S/C13H12O/c14-13-9-8-12(10-13)7-6-11-4-2-1-3-5-11/h1-5,12H,8-10H2. The molecule has 1 nitrogen and oxygen atoms in total. The van der Waals surface area contributed by atoms with Gasteiger partial charge in [-0.25, -0.2) is 0 Å². The van der Waals surface area contributed by atoms with Crippen LogP contribution in [0, 0.1) is 17.8 Å². The molecule has 70 valence electrons. The van der Waals surface area contributed by atoms with E-state index in [0.717, 1.165) is 12.0 Å². The Hall–Kier alpha value is -1.55. The Morgan fingerprint density at radius 2 is 2.00 bits per heavy atom. The number of hydrogen-bond donors (Lipinski definition) is 0. The number of carbonyl (C=O) groups is 1. The van der Waals surface area contributed by atoms with Crippen molar-refractivity contribution in [1.29, 1.82) is 0 Å². The van der Waals surface area contributed by atoms with Crippen LogP contribution in [0.4, 0.5) is 0 Å². The van der Waals surface area contributed by atoms with Gasteiger partial charge in [-0.2, -0.15) is 0 Å². The number of rotatable bonds is 0. The molecule has 1 aliphatic rings. The predicted octanol–water partition coefficient (Wildman–Crippen LogP) is 2.41. The van der Waals surface area contributed by atoms with Crippen molar-refractivity contribution in [3.8, 4) is 11.8 Å². The third kappa shape index (κ3) is 2.23. The second-order valence-electron chi connectivity index (χ2n) is 3.61. The van der Waals surface area contributed by atoms with Gasteiger partial charge in [-0.3, -0.25) is 4.79 Å². The van der Waals surface area contributed by atoms with Crippen LogP contribution in [0.3, 0.4) is 0 Å². The molecular weight excluding hydrogens is 172 g/mol. The third-order valence-corrected chi connectivity index (χ3v) is 2.44. The number of Topliss-reactive ketones (excluding diaryl/α,β-unsaturated/α-hetero) is 1. The predicted molar refractivity (Wildman–Crippen MR) is 55.7 cm³/mol. The SMILES string of the molecule is O=C1CCC(C#Cc2ccccc2)C1. The highest BCUT2D eigenvalue weighted by atomic mass is 16.1. The molecule has 0 spiro atoms. The maximum Gasteiger partial charge on any atom is 0.134 e. The smallest absolute Gasteiger partial charge is 0.134 e. The van der Waals surface area contributed by atoms with E-state index in [9.17, 15) is 4.79 Å². The highest BCUT2D eigenvalue weighted by Crippen LogP contribution is 2.20. The topological polar surface area (TPSA) is 17.1 Å². The van der Waals surface area contributed by atoms with E-state index in [-0.39, 0.29) is 0 Å². The van der Waals surface area contributed by atoms with Gasteiger partial charge in [0.05, 0.1) is 0 Å². The number of ketones is 1. The molecule has 1 aromatic rings. The molecule has 14 heavy (non-hydrogen) atoms. The van der Waals surface area contributed by atoms with E-state index in [1.54, 1.807) is 0 Å². The molecule has 0 radical (unpaired) electrons. The fourth-order valence-electron chi connectivity index (χ4n) is 1.64. The number of benzene rings is 1. The maximum absolute atomic E-state index is 11.0. The summed E-state index contributed by atoms with van der Waals surface area (Å²) in [6.45, 7) is 0. The van der Waals surface area contributed by atoms with Gasteiger partial charge in [-0.15, -0.1) is 0 Å². The minimum Gasteiger partial charge on any atom is -0.300 e. The van der Waals surface area contributed by atoms with Crippen LogP contribution in [0.5, 0.6) is 0 Å². The molecule has 2 rings (SSSR count). The Labute approximate surface area is 84.1 Å². The van der Waals surface area contributed by atoms with Crippen molar-refractivity contribution >= 4 is 5.78 Å². The first kappa shape index (κ1) is 9.02. The van der Waals surface area contributed by atoms with Crippen LogP contribution in [0.1, 0.15) is 24.8 Å². The zero-order chi connectivity index (χ0) is 9.80. The molecule has 0 N–H and O–H groups in total. The summed E-state index contributed by atoms with van der Waals surface area (Å²) in [5.41, 5.74) is 1.03. The van der Waals surface area contributed by atoms with Crippen LogP contribution in [-0.4, -0.2) is 5.78 Å². The molecule has 0 bridgehead atoms. The van der Waals surface area contributed by atoms with Crippen LogP contribution in [0.25, 0.3) is 0 Å². The van der Waals surface area contributed by atoms with Crippen LogP contribution in [0.2, 0.25) is 0 Å². The molecule has 1 unspecified atom stereocenters. The van der Waals surface area contributed by atoms with Crippen molar-refractivity contribution in [3.05, 3.63) is 35.9 Å². The molecule has 1 aliphatic carbocycles. The molecule has 0 aromatic heterocycles. The largest absolute Gasteiger partial charge is 0.300 e. The highest BCUT2D eigenvalue weighted by molar-refractivity contribution is 5.81. The molecule has 0 amide bonds. The van der Waals surface area contributed by atoms with Gasteiger partial charge in [0.25, 0.3) is 0 Å². The van der Waals surface area contributed by atoms with E-state index in [1.807, 2.05) is 30.3 Å². The number of carbonyl (C=O) groups excluding carboxylic acids is 1. The Morgan fingerprint density at radius 1 is 1.21 bits per heavy atom. The molecular formula is C13H12O. The van der Waals surface area contributed by atoms with Crippen LogP contribution >= 0.6 is 0 Å². The van der Waals surface area contributed by atoms with Crippen molar-refractivity contribution in [2.24, 2.45) is 5.92 Å². The Bertz CT molecular complexity index is 381. The molecule has 0 saturated heterocycles. The summed E-state index contributed by atoms with van der Waals surface area (Å²) in [5.74, 6) is 6.92. The minimum atomic E-state index is 0.294. The zero-order valence-corrected chi connectivity index (χ0v) is 7.99. The van der Waals surface area contributed by atoms with Crippen molar-refractivity contribution in [2.45, 2.75) is 19.3 Å². The second kappa shape index (κ2) is 4.11. The monoisotopic (exact) mass is 184 g/mol. The zero-order valence-electron chi connectivity index (χ0n) is 7.99. The van der Waals surface area contributed by atoms with E-state index in [2.05, 4.69) is 11.8 Å². The van der Waals surface area contributed by atoms with Gasteiger partial charge >= 0.3 is 0 Å². The summed E-state index contributed by atoms with van der Waals surface area (Å²) in [6.07, 6.45) is 2.31. The summed E-state index contributed by atoms with van der Waals surface area (Å²) in [4.78, 5) is 11.0. The van der Waals surface area contributed by atoms with E-state index < -0.39 is 0 Å². The highest BCUT2D eigenvalue weighted by Gasteiger charge is 2.19. The Balaban J connectivity index is 2.04. The lowest BCUT2D eigenvalue weighted by Crippen LogP contribution is -1.90. The van der Waals surface area contributed by atoms with Crippen LogP contribution < -0.4 is 0 Å². The first-order valence-electron chi connectivity index (χ1n) is 4.93. The lowest BCUT2D eigenvalue weighted by molar-refractivity contribution is -0.117. The average Bonchev–Trinajstić information content (AvgIpc) is 2.63. The van der Waals surface area contributed by atoms with Gasteiger partial charge < -0.3 is 0 Å². The van der Waals surface area contributed by atoms with Gasteiger partial charge in [0.1, 0.15) is 5.78 Å². The first-order valence-corrected chi connectivity index (χ1v) is 4.93. The van der Waals surface area contributed by atoms with Crippen molar-refractivity contribution in [2.75, 3.05) is 0 Å². The molecule has 0 aliphatic heterocycles. The molecule has 0 heterocycles. The summed E-state index contributed by atoms with van der Waals surface area (Å²) >= 11 is 0. The Morgan fingerprint density at radius 3 is 2.64 bits per heavy atom. The van der Waals surface area contributed by atoms with E-state index in [0.29, 0.717) is 24.5 Å². The van der Waals surface area contributed by atoms with Crippen LogP contribution in [0.15, 0.2) is 30.3 Å². The molecule has 1 saturated carbocycles. The van der Waals surface area contributed by atoms with Crippen molar-refractivity contribution < 1.29 is 4.79 Å². The molecule has 1 heteroatoms. The maximum atomic E-state index is 11.0. The minimum absolute atomic E-state index is 0.294. The molecule has 1 fully saturated rings. The van der Waals surface area contributed by atoms with Gasteiger partial charge in [-0.1, -0.05) is 30.0 Å². The second-order valence-corrected chi connectivity index (χ2v) is 3.61. The van der Waals surface area contributed by atoms with Gasteiger partial charge in [0.15, 0.2) is 0 Å². The van der Waals surface area contributed by atoms with Gasteiger partial charge in [0.2, 0.25) is 0 Å². The lowest BCUT2D eigenvalue weighted by atomic mass is 10.1. The van der Waals surface area contributed by atoms with E-state index in [4.69, 9.17) is 0 Å². The molecule has 1 aromatic carbocycles. The van der Waals surface area contributed by atoms with Crippen molar-refractivity contribution in [1.82, 2.24) is 0 Å². The van der Waals surface area contributed by atoms with Gasteiger partial charge in [0, 0.05) is 24.3 Å². The fraction of sp³-hybridized carbons (Fsp3) is 0.308. The summed E-state index contributed by atoms with van der Waals surface area (Å²) < 4.78 is 0. The Kier molecular flexibility index (Phi) is 2.65. The number of hydrogen-bond acceptors (Lipinski definition) is 1. The summed E-state index contributed by atoms with van der Waals surface area (Å²) in [7, 11) is 0. The third-order valence-electron chi connectivity index (χ3n) is 2.44. The fourth-order valence-corrected chi connectivity index (χ4v) is 1.64. The molecule has 1 atom stereocenters. The van der Waals surface area contributed by atoms with Gasteiger partial charge in [-0.05, 0) is 18.6 Å². The van der Waals surface area contributed by atoms with Crippen molar-refractivity contribution in [3.63, 3.8) is 0 Å². The summed E-state index contributed by atoms with van der Waals surface area (Å²) in [5, 5.41) is 0. The van der Waals surface area contributed by atoms with E-state index in [1.165, 1.54) is 0 Å². The van der Waals surface area contributed by atoms with E-state index >= 15 is 0 Å². The quantitative estimate of drug-likeness (QED) is 0.566. The lowest BCUT2D eigenvalue weighted by Gasteiger charge is -1.94. The normalized spacial score (nSPS) is 20.3.